The molecule has 4 unspecified atom stereocenters. The minimum Gasteiger partial charge on any atom is -0.374 e. The topological polar surface area (TPSA) is 36.9 Å². The van der Waals surface area contributed by atoms with Crippen LogP contribution < -0.4 is 5.32 Å². The van der Waals surface area contributed by atoms with Crippen LogP contribution in [-0.4, -0.2) is 43.2 Å². The van der Waals surface area contributed by atoms with Crippen LogP contribution in [-0.2, 0) is 17.5 Å². The average molecular weight is 499 g/mol. The first-order valence-electron chi connectivity index (χ1n) is 8.83. The normalized spacial score (nSPS) is 29.7. The number of benzene rings is 1. The van der Waals surface area contributed by atoms with Crippen LogP contribution in [0.3, 0.4) is 0 Å². The van der Waals surface area contributed by atoms with Gasteiger partial charge in [-0.3, -0.25) is 4.99 Å². The summed E-state index contributed by atoms with van der Waals surface area (Å²) in [6.07, 6.45) is -1.79. The predicted molar refractivity (Wildman–Crippen MR) is 103 cm³/mol. The maximum atomic E-state index is 13.2. The fraction of sp³-hybridized carbons (Fsp3) is 0.611. The zero-order chi connectivity index (χ0) is 18.5. The largest absolute Gasteiger partial charge is 0.416 e. The van der Waals surface area contributed by atoms with Crippen LogP contribution in [0.1, 0.15) is 24.0 Å². The maximum Gasteiger partial charge on any atom is 0.416 e. The van der Waals surface area contributed by atoms with Crippen LogP contribution >= 0.6 is 24.0 Å². The number of nitrogens with one attached hydrogen (secondary N) is 1. The van der Waals surface area contributed by atoms with Gasteiger partial charge in [0.15, 0.2) is 5.96 Å². The number of hydrogen-bond acceptors (Lipinski definition) is 2. The summed E-state index contributed by atoms with van der Waals surface area (Å²) >= 11 is 0. The van der Waals surface area contributed by atoms with E-state index in [1.165, 1.54) is 6.07 Å². The van der Waals surface area contributed by atoms with Gasteiger partial charge >= 0.3 is 6.18 Å². The minimum absolute atomic E-state index is 0. The fourth-order valence-electron chi connectivity index (χ4n) is 4.61. The van der Waals surface area contributed by atoms with Crippen molar-refractivity contribution < 1.29 is 22.3 Å². The zero-order valence-electron chi connectivity index (χ0n) is 14.8. The SMILES string of the molecule is CN=C(NCc1ccc(F)cc1C(F)(F)F)N1CC2C3CCC(O3)C2C1.I. The molecule has 1 aromatic rings. The van der Waals surface area contributed by atoms with E-state index in [2.05, 4.69) is 15.2 Å². The second-order valence-corrected chi connectivity index (χ2v) is 7.22. The van der Waals surface area contributed by atoms with Crippen molar-refractivity contribution in [3.63, 3.8) is 0 Å². The molecule has 3 aliphatic rings. The predicted octanol–water partition coefficient (Wildman–Crippen LogP) is 3.65. The summed E-state index contributed by atoms with van der Waals surface area (Å²) in [5.41, 5.74) is -0.951. The molecule has 0 spiro atoms. The van der Waals surface area contributed by atoms with E-state index in [9.17, 15) is 17.6 Å². The first-order valence-corrected chi connectivity index (χ1v) is 8.83. The van der Waals surface area contributed by atoms with E-state index >= 15 is 0 Å². The second-order valence-electron chi connectivity index (χ2n) is 7.22. The lowest BCUT2D eigenvalue weighted by Crippen LogP contribution is -2.41. The molecule has 3 saturated heterocycles. The molecule has 0 aliphatic carbocycles. The molecule has 1 aromatic carbocycles. The van der Waals surface area contributed by atoms with Gasteiger partial charge in [-0.1, -0.05) is 6.07 Å². The molecule has 3 aliphatic heterocycles. The zero-order valence-corrected chi connectivity index (χ0v) is 17.1. The molecule has 150 valence electrons. The number of halogens is 5. The van der Waals surface area contributed by atoms with E-state index in [1.807, 2.05) is 0 Å². The Labute approximate surface area is 172 Å². The molecule has 2 bridgehead atoms. The number of guanidine groups is 1. The molecular weight excluding hydrogens is 477 g/mol. The molecule has 4 nitrogen and oxygen atoms in total. The highest BCUT2D eigenvalue weighted by Gasteiger charge is 2.53. The fourth-order valence-corrected chi connectivity index (χ4v) is 4.61. The average Bonchev–Trinajstić information content (AvgIpc) is 3.28. The van der Waals surface area contributed by atoms with Crippen molar-refractivity contribution in [2.75, 3.05) is 20.1 Å². The van der Waals surface area contributed by atoms with E-state index in [-0.39, 0.29) is 36.1 Å². The van der Waals surface area contributed by atoms with Crippen molar-refractivity contribution in [2.45, 2.75) is 37.8 Å². The molecule has 0 saturated carbocycles. The van der Waals surface area contributed by atoms with Gasteiger partial charge in [0.2, 0.25) is 0 Å². The summed E-state index contributed by atoms with van der Waals surface area (Å²) in [7, 11) is 1.62. The number of aliphatic imine (C=N–C) groups is 1. The van der Waals surface area contributed by atoms with Crippen LogP contribution in [0.25, 0.3) is 0 Å². The second kappa shape index (κ2) is 7.73. The Bertz CT molecular complexity index is 709. The third-order valence-corrected chi connectivity index (χ3v) is 5.78. The minimum atomic E-state index is -4.59. The smallest absolute Gasteiger partial charge is 0.374 e. The molecule has 0 amide bonds. The Morgan fingerprint density at radius 3 is 2.41 bits per heavy atom. The molecule has 27 heavy (non-hydrogen) atoms. The number of likely N-dealkylation sites (tertiary alicyclic amines) is 1. The van der Waals surface area contributed by atoms with Crippen LogP contribution in [0.4, 0.5) is 17.6 Å². The van der Waals surface area contributed by atoms with Crippen LogP contribution in [0, 0.1) is 17.7 Å². The molecule has 0 aromatic heterocycles. The molecule has 3 heterocycles. The Kier molecular flexibility index (Phi) is 5.90. The Morgan fingerprint density at radius 2 is 1.85 bits per heavy atom. The summed E-state index contributed by atoms with van der Waals surface area (Å²) in [6.45, 7) is 1.55. The van der Waals surface area contributed by atoms with Crippen LogP contribution in [0.2, 0.25) is 0 Å². The molecule has 3 fully saturated rings. The lowest BCUT2D eigenvalue weighted by atomic mass is 9.82. The van der Waals surface area contributed by atoms with E-state index in [1.54, 1.807) is 7.05 Å². The lowest BCUT2D eigenvalue weighted by molar-refractivity contribution is -0.138. The molecule has 9 heteroatoms. The van der Waals surface area contributed by atoms with E-state index in [0.29, 0.717) is 36.1 Å². The van der Waals surface area contributed by atoms with Gasteiger partial charge in [-0.25, -0.2) is 4.39 Å². The molecular formula is C18H22F4IN3O. The van der Waals surface area contributed by atoms with Crippen LogP contribution in [0.15, 0.2) is 23.2 Å². The first kappa shape index (κ1) is 20.6. The summed E-state index contributed by atoms with van der Waals surface area (Å²) in [6, 6.07) is 2.75. The summed E-state index contributed by atoms with van der Waals surface area (Å²) < 4.78 is 58.6. The Balaban J connectivity index is 0.00000210. The summed E-state index contributed by atoms with van der Waals surface area (Å²) in [4.78, 5) is 6.32. The first-order chi connectivity index (χ1) is 12.4. The Morgan fingerprint density at radius 1 is 1.22 bits per heavy atom. The standard InChI is InChI=1S/C18H21F4N3O.HI/c1-23-17(25-8-12-13(9-25)16-5-4-15(12)26-16)24-7-10-2-3-11(19)6-14(10)18(20,21)22;/h2-3,6,12-13,15-16H,4-5,7-9H2,1H3,(H,23,24);1H. The van der Waals surface area contributed by atoms with Crippen molar-refractivity contribution in [1.82, 2.24) is 10.2 Å². The van der Waals surface area contributed by atoms with Gasteiger partial charge in [-0.15, -0.1) is 24.0 Å². The number of fused-ring (bicyclic) bond motifs is 5. The quantitative estimate of drug-likeness (QED) is 0.292. The molecule has 4 rings (SSSR count). The number of nitrogens with zero attached hydrogens (tertiary/aromatic N) is 2. The number of alkyl halides is 3. The molecule has 1 N–H and O–H groups in total. The van der Waals surface area contributed by atoms with Crippen molar-refractivity contribution in [3.05, 3.63) is 35.1 Å². The van der Waals surface area contributed by atoms with Crippen LogP contribution in [0.5, 0.6) is 0 Å². The van der Waals surface area contributed by atoms with Crippen molar-refractivity contribution in [1.29, 1.82) is 0 Å². The highest BCUT2D eigenvalue weighted by atomic mass is 127. The van der Waals surface area contributed by atoms with Gasteiger partial charge in [-0.05, 0) is 30.5 Å². The monoisotopic (exact) mass is 499 g/mol. The molecule has 4 atom stereocenters. The highest BCUT2D eigenvalue weighted by Crippen LogP contribution is 2.47. The maximum absolute atomic E-state index is 13.2. The summed E-state index contributed by atoms with van der Waals surface area (Å²) in [5.74, 6) is 0.636. The van der Waals surface area contributed by atoms with Gasteiger partial charge in [0.1, 0.15) is 5.82 Å². The summed E-state index contributed by atoms with van der Waals surface area (Å²) in [5, 5.41) is 3.01. The van der Waals surface area contributed by atoms with E-state index in [0.717, 1.165) is 32.0 Å². The highest BCUT2D eigenvalue weighted by molar-refractivity contribution is 14.0. The lowest BCUT2D eigenvalue weighted by Gasteiger charge is -2.24. The number of hydrogen-bond donors (Lipinski definition) is 1. The third-order valence-electron chi connectivity index (χ3n) is 5.78. The van der Waals surface area contributed by atoms with E-state index < -0.39 is 17.6 Å². The van der Waals surface area contributed by atoms with Crippen molar-refractivity contribution in [3.8, 4) is 0 Å². The van der Waals surface area contributed by atoms with Crippen molar-refractivity contribution >= 4 is 29.9 Å². The van der Waals surface area contributed by atoms with Gasteiger partial charge in [0, 0.05) is 38.5 Å². The number of ether oxygens (including phenoxy) is 1. The van der Waals surface area contributed by atoms with Crippen molar-refractivity contribution in [2.24, 2.45) is 16.8 Å². The van der Waals surface area contributed by atoms with Gasteiger partial charge < -0.3 is 15.0 Å². The third kappa shape index (κ3) is 3.90. The van der Waals surface area contributed by atoms with E-state index in [4.69, 9.17) is 4.74 Å². The van der Waals surface area contributed by atoms with Gasteiger partial charge in [-0.2, -0.15) is 13.2 Å². The van der Waals surface area contributed by atoms with Gasteiger partial charge in [0.25, 0.3) is 0 Å². The molecule has 0 radical (unpaired) electrons. The number of rotatable bonds is 2. The Hall–Kier alpha value is -1.10. The van der Waals surface area contributed by atoms with Gasteiger partial charge in [0.05, 0.1) is 17.8 Å².